The zero-order valence-corrected chi connectivity index (χ0v) is 13.1. The largest absolute Gasteiger partial charge is 0.383 e. The second kappa shape index (κ2) is 8.02. The van der Waals surface area contributed by atoms with Crippen molar-refractivity contribution in [2.45, 2.75) is 32.9 Å². The summed E-state index contributed by atoms with van der Waals surface area (Å²) < 4.78 is 5.15. The summed E-state index contributed by atoms with van der Waals surface area (Å²) in [5, 5.41) is 3.49. The van der Waals surface area contributed by atoms with Crippen LogP contribution >= 0.6 is 0 Å². The van der Waals surface area contributed by atoms with Gasteiger partial charge in [0.1, 0.15) is 5.82 Å². The van der Waals surface area contributed by atoms with Gasteiger partial charge in [0.15, 0.2) is 0 Å². The molecule has 0 fully saturated rings. The van der Waals surface area contributed by atoms with Crippen molar-refractivity contribution < 1.29 is 4.74 Å². The number of hydrogen-bond acceptors (Lipinski definition) is 4. The fraction of sp³-hybridized carbons (Fsp3) is 0.562. The summed E-state index contributed by atoms with van der Waals surface area (Å²) in [6.07, 6.45) is 3.75. The summed E-state index contributed by atoms with van der Waals surface area (Å²) >= 11 is 0. The van der Waals surface area contributed by atoms with Gasteiger partial charge in [-0.1, -0.05) is 6.08 Å². The van der Waals surface area contributed by atoms with Gasteiger partial charge in [-0.05, 0) is 38.5 Å². The highest BCUT2D eigenvalue weighted by molar-refractivity contribution is 5.41. The van der Waals surface area contributed by atoms with E-state index in [0.717, 1.165) is 25.5 Å². The molecule has 20 heavy (non-hydrogen) atoms. The Morgan fingerprint density at radius 1 is 1.45 bits per heavy atom. The Morgan fingerprint density at radius 3 is 2.80 bits per heavy atom. The summed E-state index contributed by atoms with van der Waals surface area (Å²) in [7, 11) is 1.71. The Balaban J connectivity index is 2.75. The van der Waals surface area contributed by atoms with Gasteiger partial charge in [-0.25, -0.2) is 4.98 Å². The summed E-state index contributed by atoms with van der Waals surface area (Å²) in [6, 6.07) is 4.17. The second-order valence-corrected chi connectivity index (χ2v) is 5.85. The van der Waals surface area contributed by atoms with E-state index < -0.39 is 0 Å². The van der Waals surface area contributed by atoms with E-state index in [0.29, 0.717) is 6.61 Å². The first-order valence-electron chi connectivity index (χ1n) is 7.01. The van der Waals surface area contributed by atoms with Crippen LogP contribution in [0, 0.1) is 0 Å². The van der Waals surface area contributed by atoms with Crippen molar-refractivity contribution in [3.05, 3.63) is 36.5 Å². The van der Waals surface area contributed by atoms with Crippen LogP contribution in [0.5, 0.6) is 0 Å². The van der Waals surface area contributed by atoms with E-state index in [-0.39, 0.29) is 5.54 Å². The molecule has 0 saturated carbocycles. The average Bonchev–Trinajstić information content (AvgIpc) is 2.41. The summed E-state index contributed by atoms with van der Waals surface area (Å²) in [5.41, 5.74) is 1.34. The highest BCUT2D eigenvalue weighted by Crippen LogP contribution is 2.13. The fourth-order valence-corrected chi connectivity index (χ4v) is 1.77. The van der Waals surface area contributed by atoms with E-state index in [1.54, 1.807) is 7.11 Å². The summed E-state index contributed by atoms with van der Waals surface area (Å²) in [6.45, 7) is 13.4. The maximum Gasteiger partial charge on any atom is 0.129 e. The normalized spacial score (nSPS) is 11.4. The molecule has 0 saturated heterocycles. The highest BCUT2D eigenvalue weighted by atomic mass is 16.5. The number of ether oxygens (including phenoxy) is 1. The molecule has 1 aromatic heterocycles. The molecule has 4 heteroatoms. The van der Waals surface area contributed by atoms with Gasteiger partial charge in [0.25, 0.3) is 0 Å². The molecule has 0 unspecified atom stereocenters. The zero-order chi connectivity index (χ0) is 15.0. The van der Waals surface area contributed by atoms with Gasteiger partial charge in [-0.3, -0.25) is 0 Å². The van der Waals surface area contributed by atoms with Crippen LogP contribution in [0.3, 0.4) is 0 Å². The molecular weight excluding hydrogens is 250 g/mol. The average molecular weight is 277 g/mol. The van der Waals surface area contributed by atoms with Crippen LogP contribution in [0.1, 0.15) is 26.3 Å². The first-order valence-corrected chi connectivity index (χ1v) is 7.01. The van der Waals surface area contributed by atoms with E-state index in [1.807, 2.05) is 18.3 Å². The molecule has 0 radical (unpaired) electrons. The molecule has 0 atom stereocenters. The lowest BCUT2D eigenvalue weighted by Crippen LogP contribution is -2.35. The second-order valence-electron chi connectivity index (χ2n) is 5.85. The van der Waals surface area contributed by atoms with Crippen molar-refractivity contribution in [1.29, 1.82) is 0 Å². The van der Waals surface area contributed by atoms with Crippen LogP contribution in [-0.2, 0) is 11.3 Å². The smallest absolute Gasteiger partial charge is 0.129 e. The molecule has 1 N–H and O–H groups in total. The number of hydrogen-bond donors (Lipinski definition) is 1. The number of nitrogens with one attached hydrogen (secondary N) is 1. The van der Waals surface area contributed by atoms with Crippen molar-refractivity contribution in [3.63, 3.8) is 0 Å². The number of aromatic nitrogens is 1. The molecule has 1 heterocycles. The van der Waals surface area contributed by atoms with Crippen molar-refractivity contribution in [2.75, 3.05) is 31.7 Å². The SMILES string of the molecule is C=CCN(CCOC)c1cc(CNC(C)(C)C)ccn1. The Kier molecular flexibility index (Phi) is 6.68. The van der Waals surface area contributed by atoms with Gasteiger partial charge >= 0.3 is 0 Å². The molecule has 0 aliphatic carbocycles. The molecule has 0 amide bonds. The van der Waals surface area contributed by atoms with Gasteiger partial charge < -0.3 is 15.0 Å². The molecule has 0 spiro atoms. The predicted octanol–water partition coefficient (Wildman–Crippen LogP) is 2.61. The van der Waals surface area contributed by atoms with E-state index in [9.17, 15) is 0 Å². The summed E-state index contributed by atoms with van der Waals surface area (Å²) in [5.74, 6) is 0.968. The van der Waals surface area contributed by atoms with Crippen LogP contribution in [0.4, 0.5) is 5.82 Å². The molecule has 112 valence electrons. The van der Waals surface area contributed by atoms with E-state index >= 15 is 0 Å². The van der Waals surface area contributed by atoms with Crippen molar-refractivity contribution in [1.82, 2.24) is 10.3 Å². The van der Waals surface area contributed by atoms with Gasteiger partial charge in [0, 0.05) is 38.5 Å². The number of nitrogens with zero attached hydrogens (tertiary/aromatic N) is 2. The maximum atomic E-state index is 5.15. The van der Waals surface area contributed by atoms with Gasteiger partial charge in [-0.15, -0.1) is 6.58 Å². The third-order valence-electron chi connectivity index (χ3n) is 2.87. The van der Waals surface area contributed by atoms with Crippen molar-refractivity contribution in [3.8, 4) is 0 Å². The molecule has 0 aliphatic heterocycles. The molecule has 1 aromatic rings. The highest BCUT2D eigenvalue weighted by Gasteiger charge is 2.10. The Bertz CT molecular complexity index is 412. The molecule has 1 rings (SSSR count). The number of anilines is 1. The van der Waals surface area contributed by atoms with Gasteiger partial charge in [0.2, 0.25) is 0 Å². The minimum absolute atomic E-state index is 0.111. The number of rotatable bonds is 8. The molecule has 4 nitrogen and oxygen atoms in total. The third kappa shape index (κ3) is 6.17. The molecule has 0 aromatic carbocycles. The lowest BCUT2D eigenvalue weighted by Gasteiger charge is -2.23. The van der Waals surface area contributed by atoms with Gasteiger partial charge in [-0.2, -0.15) is 0 Å². The Morgan fingerprint density at radius 2 is 2.20 bits per heavy atom. The van der Waals surface area contributed by atoms with Crippen molar-refractivity contribution in [2.24, 2.45) is 0 Å². The first kappa shape index (κ1) is 16.7. The zero-order valence-electron chi connectivity index (χ0n) is 13.1. The minimum Gasteiger partial charge on any atom is -0.383 e. The minimum atomic E-state index is 0.111. The lowest BCUT2D eigenvalue weighted by atomic mass is 10.1. The number of pyridine rings is 1. The molecule has 0 aliphatic rings. The van der Waals surface area contributed by atoms with Crippen molar-refractivity contribution >= 4 is 5.82 Å². The van der Waals surface area contributed by atoms with Crippen LogP contribution < -0.4 is 10.2 Å². The monoisotopic (exact) mass is 277 g/mol. The van der Waals surface area contributed by atoms with Crippen LogP contribution in [0.25, 0.3) is 0 Å². The van der Waals surface area contributed by atoms with Crippen LogP contribution in [0.15, 0.2) is 31.0 Å². The quantitative estimate of drug-likeness (QED) is 0.741. The Labute approximate surface area is 122 Å². The molecule has 0 bridgehead atoms. The van der Waals surface area contributed by atoms with Crippen LogP contribution in [0.2, 0.25) is 0 Å². The third-order valence-corrected chi connectivity index (χ3v) is 2.87. The molecular formula is C16H27N3O. The standard InChI is InChI=1S/C16H27N3O/c1-6-9-19(10-11-20-5)15-12-14(7-8-17-15)13-18-16(2,3)4/h6-8,12,18H,1,9-11,13H2,2-5H3. The van der Waals surface area contributed by atoms with E-state index in [2.05, 4.69) is 48.6 Å². The van der Waals surface area contributed by atoms with Crippen LogP contribution in [-0.4, -0.2) is 37.3 Å². The topological polar surface area (TPSA) is 37.4 Å². The number of methoxy groups -OCH3 is 1. The van der Waals surface area contributed by atoms with E-state index in [4.69, 9.17) is 4.74 Å². The van der Waals surface area contributed by atoms with E-state index in [1.165, 1.54) is 5.56 Å². The predicted molar refractivity (Wildman–Crippen MR) is 85.1 cm³/mol. The lowest BCUT2D eigenvalue weighted by molar-refractivity contribution is 0.205. The fourth-order valence-electron chi connectivity index (χ4n) is 1.77. The maximum absolute atomic E-state index is 5.15. The summed E-state index contributed by atoms with van der Waals surface area (Å²) in [4.78, 5) is 6.61. The van der Waals surface area contributed by atoms with Gasteiger partial charge in [0.05, 0.1) is 6.61 Å². The Hall–Kier alpha value is -1.39. The first-order chi connectivity index (χ1) is 9.46.